The van der Waals surface area contributed by atoms with Crippen molar-refractivity contribution >= 4 is 70.5 Å². The van der Waals surface area contributed by atoms with E-state index in [-0.39, 0.29) is 54.7 Å². The van der Waals surface area contributed by atoms with Crippen molar-refractivity contribution in [3.05, 3.63) is 41.3 Å². The van der Waals surface area contributed by atoms with Crippen LogP contribution < -0.4 is 16.0 Å². The molecule has 2 heterocycles. The molecule has 0 unspecified atom stereocenters. The summed E-state index contributed by atoms with van der Waals surface area (Å²) in [7, 11) is 0. The number of nitrogens with zero attached hydrogens (tertiary/aromatic N) is 3. The highest BCUT2D eigenvalue weighted by Gasteiger charge is 2.27. The number of anilines is 1. The lowest BCUT2D eigenvalue weighted by Crippen LogP contribution is -2.48. The van der Waals surface area contributed by atoms with Gasteiger partial charge >= 0.3 is 0 Å². The molecule has 2 atom stereocenters. The number of rotatable bonds is 7. The van der Waals surface area contributed by atoms with Crippen LogP contribution in [0.2, 0.25) is 5.02 Å². The maximum Gasteiger partial charge on any atom is 0.289 e. The lowest BCUT2D eigenvalue weighted by molar-refractivity contribution is 0.0923. The first kappa shape index (κ1) is 31.3. The molecule has 1 amide bonds. The van der Waals surface area contributed by atoms with Gasteiger partial charge in [-0.1, -0.05) is 56.2 Å². The predicted octanol–water partition coefficient (Wildman–Crippen LogP) is 6.27. The van der Waals surface area contributed by atoms with Gasteiger partial charge in [0.05, 0.1) is 16.9 Å². The maximum atomic E-state index is 13.2. The Morgan fingerprint density at radius 3 is 2.44 bits per heavy atom. The largest absolute Gasteiger partial charge is 0.365 e. The van der Waals surface area contributed by atoms with Gasteiger partial charge in [0, 0.05) is 47.7 Å². The Labute approximate surface area is 247 Å². The Kier molecular flexibility index (Phi) is 12.0. The zero-order chi connectivity index (χ0) is 25.6. The van der Waals surface area contributed by atoms with Crippen molar-refractivity contribution in [2.45, 2.75) is 88.8 Å². The Bertz CT molecular complexity index is 1210. The van der Waals surface area contributed by atoms with Crippen molar-refractivity contribution in [2.24, 2.45) is 4.99 Å². The summed E-state index contributed by atoms with van der Waals surface area (Å²) >= 11 is 6.34. The van der Waals surface area contributed by atoms with Crippen molar-refractivity contribution in [3.8, 4) is 0 Å². The molecule has 2 aliphatic carbocycles. The third kappa shape index (κ3) is 8.13. The van der Waals surface area contributed by atoms with Gasteiger partial charge in [0.2, 0.25) is 5.82 Å². The fraction of sp³-hybridized carbons (Fsp3) is 0.536. The number of nitrogens with one attached hydrogen (secondary N) is 4. The van der Waals surface area contributed by atoms with Crippen LogP contribution in [0.4, 0.5) is 5.82 Å². The van der Waals surface area contributed by atoms with E-state index in [2.05, 4.69) is 25.9 Å². The minimum atomic E-state index is -0.216. The number of carbonyl (C=O) groups is 1. The second-order valence-electron chi connectivity index (χ2n) is 10.4. The first-order valence-electron chi connectivity index (χ1n) is 13.6. The number of fused-ring (bicyclic) bond motifs is 1. The Balaban J connectivity index is 0.00000210. The Hall–Kier alpha value is -2.26. The highest BCUT2D eigenvalue weighted by Crippen LogP contribution is 2.28. The van der Waals surface area contributed by atoms with Crippen molar-refractivity contribution in [1.29, 1.82) is 5.41 Å². The zero-order valence-corrected chi connectivity index (χ0v) is 24.4. The number of amides is 1. The van der Waals surface area contributed by atoms with Crippen LogP contribution in [-0.2, 0) is 0 Å². The summed E-state index contributed by atoms with van der Waals surface area (Å²) in [4.78, 5) is 26.9. The Morgan fingerprint density at radius 2 is 1.69 bits per heavy atom. The molecule has 1 aromatic carbocycles. The number of carbonyl (C=O) groups excluding carboxylic acids is 1. The lowest BCUT2D eigenvalue weighted by atomic mass is 9.90. The molecule has 0 bridgehead atoms. The fourth-order valence-corrected chi connectivity index (χ4v) is 5.77. The molecule has 0 spiro atoms. The zero-order valence-electron chi connectivity index (χ0n) is 22.0. The Morgan fingerprint density at radius 1 is 0.974 bits per heavy atom. The van der Waals surface area contributed by atoms with Gasteiger partial charge in [-0.2, -0.15) is 0 Å². The molecule has 39 heavy (non-hydrogen) atoms. The van der Waals surface area contributed by atoms with E-state index in [0.717, 1.165) is 62.5 Å². The molecular weight excluding hydrogens is 557 g/mol. The van der Waals surface area contributed by atoms with Gasteiger partial charge in [0.1, 0.15) is 5.82 Å². The number of aliphatic imine (C=N–C) groups is 1. The minimum absolute atomic E-state index is 0. The highest BCUT2D eigenvalue weighted by atomic mass is 35.5. The SMILES string of the molecule is Cl.Cl.N=C1CC=CN=C1CN[C@@H]1CCCC[C@@H]1Nc1nc(C(=O)NC2CCCCCC2)nc2ccc(Cl)cc12. The summed E-state index contributed by atoms with van der Waals surface area (Å²) in [6, 6.07) is 6.01. The van der Waals surface area contributed by atoms with Crippen molar-refractivity contribution in [3.63, 3.8) is 0 Å². The molecule has 0 saturated heterocycles. The predicted molar refractivity (Wildman–Crippen MR) is 165 cm³/mol. The summed E-state index contributed by atoms with van der Waals surface area (Å²) in [6.07, 6.45) is 15.4. The van der Waals surface area contributed by atoms with Crippen LogP contribution >= 0.6 is 36.4 Å². The number of allylic oxidation sites excluding steroid dienone is 1. The lowest BCUT2D eigenvalue weighted by Gasteiger charge is -2.34. The third-order valence-corrected chi connectivity index (χ3v) is 7.91. The van der Waals surface area contributed by atoms with E-state index >= 15 is 0 Å². The van der Waals surface area contributed by atoms with Gasteiger partial charge in [-0.3, -0.25) is 9.79 Å². The molecule has 212 valence electrons. The average molecular weight is 595 g/mol. The van der Waals surface area contributed by atoms with Crippen LogP contribution in [0.15, 0.2) is 35.5 Å². The minimum Gasteiger partial charge on any atom is -0.365 e. The molecule has 0 radical (unpaired) electrons. The number of halogens is 3. The number of aromatic nitrogens is 2. The van der Waals surface area contributed by atoms with E-state index in [1.54, 1.807) is 12.3 Å². The molecule has 4 N–H and O–H groups in total. The fourth-order valence-electron chi connectivity index (χ4n) is 5.60. The summed E-state index contributed by atoms with van der Waals surface area (Å²) < 4.78 is 0. The van der Waals surface area contributed by atoms with E-state index in [1.807, 2.05) is 18.2 Å². The van der Waals surface area contributed by atoms with Crippen LogP contribution in [0.5, 0.6) is 0 Å². The van der Waals surface area contributed by atoms with Crippen molar-refractivity contribution in [2.75, 3.05) is 11.9 Å². The number of benzene rings is 1. The van der Waals surface area contributed by atoms with E-state index in [0.29, 0.717) is 35.0 Å². The van der Waals surface area contributed by atoms with Gasteiger partial charge in [-0.25, -0.2) is 9.97 Å². The summed E-state index contributed by atoms with van der Waals surface area (Å²) in [5.41, 5.74) is 2.06. The molecule has 1 aliphatic heterocycles. The summed E-state index contributed by atoms with van der Waals surface area (Å²) in [5.74, 6) is 0.619. The quantitative estimate of drug-likeness (QED) is 0.282. The average Bonchev–Trinajstić information content (AvgIpc) is 3.18. The molecule has 2 saturated carbocycles. The van der Waals surface area contributed by atoms with E-state index in [4.69, 9.17) is 22.0 Å². The summed E-state index contributed by atoms with van der Waals surface area (Å²) in [6.45, 7) is 0.567. The van der Waals surface area contributed by atoms with Gasteiger partial charge < -0.3 is 21.4 Å². The number of hydrogen-bond donors (Lipinski definition) is 4. The van der Waals surface area contributed by atoms with Gasteiger partial charge in [-0.05, 0) is 43.9 Å². The first-order chi connectivity index (χ1) is 18.1. The topological polar surface area (TPSA) is 115 Å². The second-order valence-corrected chi connectivity index (χ2v) is 10.8. The van der Waals surface area contributed by atoms with Crippen LogP contribution in [0.25, 0.3) is 10.9 Å². The molecule has 1 aromatic heterocycles. The third-order valence-electron chi connectivity index (χ3n) is 7.68. The first-order valence-corrected chi connectivity index (χ1v) is 14.0. The maximum absolute atomic E-state index is 13.2. The second kappa shape index (κ2) is 14.9. The van der Waals surface area contributed by atoms with Gasteiger partial charge in [0.25, 0.3) is 5.91 Å². The van der Waals surface area contributed by atoms with Crippen molar-refractivity contribution in [1.82, 2.24) is 20.6 Å². The number of hydrogen-bond acceptors (Lipinski definition) is 7. The molecular formula is C28H38Cl3N7O. The summed E-state index contributed by atoms with van der Waals surface area (Å²) in [5, 5.41) is 20.0. The molecule has 2 aromatic rings. The van der Waals surface area contributed by atoms with Crippen LogP contribution in [0.1, 0.15) is 81.2 Å². The monoisotopic (exact) mass is 593 g/mol. The standard InChI is InChI=1S/C28H36ClN7O.2ClH/c29-18-13-14-22-20(16-18)26(36-27(34-22)28(37)33-19-8-3-1-2-4-9-19)35-24-12-6-5-11-23(24)32-17-25-21(30)10-7-15-31-25;;/h7,13-16,19,23-24,30,32H,1-6,8-12,17H2,(H,33,37)(H,34,35,36);2*1H/t23-,24+;;/m1../s1. The van der Waals surface area contributed by atoms with E-state index in [1.165, 1.54) is 12.8 Å². The van der Waals surface area contributed by atoms with E-state index in [9.17, 15) is 4.79 Å². The molecule has 3 aliphatic rings. The highest BCUT2D eigenvalue weighted by molar-refractivity contribution is 6.42. The van der Waals surface area contributed by atoms with Crippen molar-refractivity contribution < 1.29 is 4.79 Å². The normalized spacial score (nSPS) is 21.8. The van der Waals surface area contributed by atoms with Gasteiger partial charge in [0.15, 0.2) is 0 Å². The van der Waals surface area contributed by atoms with E-state index < -0.39 is 0 Å². The molecule has 8 nitrogen and oxygen atoms in total. The smallest absolute Gasteiger partial charge is 0.289 e. The molecule has 5 rings (SSSR count). The molecule has 11 heteroatoms. The molecule has 2 fully saturated rings. The van der Waals surface area contributed by atoms with Gasteiger partial charge in [-0.15, -0.1) is 24.8 Å². The van der Waals surface area contributed by atoms with Crippen LogP contribution in [-0.4, -0.2) is 52.0 Å². The van der Waals surface area contributed by atoms with Crippen LogP contribution in [0, 0.1) is 5.41 Å². The van der Waals surface area contributed by atoms with Crippen LogP contribution in [0.3, 0.4) is 0 Å².